The Morgan fingerprint density at radius 3 is 2.28 bits per heavy atom. The summed E-state index contributed by atoms with van der Waals surface area (Å²) in [5.74, 6) is 2.81. The highest BCUT2D eigenvalue weighted by molar-refractivity contribution is 7.82. The number of hydrogen-bond donors (Lipinski definition) is 0. The number of aryl methyl sites for hydroxylation is 1. The molecule has 4 aliphatic carbocycles. The van der Waals surface area contributed by atoms with Crippen LogP contribution >= 0.6 is 0 Å². The van der Waals surface area contributed by atoms with Gasteiger partial charge in [0.2, 0.25) is 0 Å². The lowest BCUT2D eigenvalue weighted by Gasteiger charge is -2.56. The van der Waals surface area contributed by atoms with E-state index in [0.717, 1.165) is 23.0 Å². The summed E-state index contributed by atoms with van der Waals surface area (Å²) in [6.07, 6.45) is 7.77. The number of amides is 1. The third-order valence-electron chi connectivity index (χ3n) is 7.21. The molecular weight excluding hydrogens is 380 g/mol. The number of carbonyl (C=O) groups is 1. The van der Waals surface area contributed by atoms with E-state index in [4.69, 9.17) is 0 Å². The third-order valence-corrected chi connectivity index (χ3v) is 8.64. The number of aromatic nitrogens is 1. The maximum atomic E-state index is 13.7. The minimum atomic E-state index is -1.41. The first kappa shape index (κ1) is 19.0. The molecule has 4 nitrogen and oxygen atoms in total. The lowest BCUT2D eigenvalue weighted by atomic mass is 9.54. The molecule has 152 valence electrons. The van der Waals surface area contributed by atoms with Crippen molar-refractivity contribution in [2.24, 2.45) is 23.7 Å². The van der Waals surface area contributed by atoms with Gasteiger partial charge in [-0.25, -0.2) is 4.21 Å². The van der Waals surface area contributed by atoms with E-state index in [2.05, 4.69) is 4.98 Å². The number of rotatable bonds is 5. The molecule has 1 aromatic heterocycles. The van der Waals surface area contributed by atoms with E-state index in [1.54, 1.807) is 10.5 Å². The predicted molar refractivity (Wildman–Crippen MR) is 114 cm³/mol. The Bertz CT molecular complexity index is 901. The van der Waals surface area contributed by atoms with Gasteiger partial charge in [-0.15, -0.1) is 0 Å². The smallest absolute Gasteiger partial charge is 0.266 e. The Balaban J connectivity index is 1.50. The van der Waals surface area contributed by atoms with Gasteiger partial charge in [-0.3, -0.25) is 14.1 Å². The monoisotopic (exact) mass is 408 g/mol. The van der Waals surface area contributed by atoms with Gasteiger partial charge < -0.3 is 0 Å². The summed E-state index contributed by atoms with van der Waals surface area (Å²) in [4.78, 5) is 18.1. The second-order valence-corrected chi connectivity index (χ2v) is 10.5. The second kappa shape index (κ2) is 7.67. The molecule has 0 N–H and O–H groups in total. The standard InChI is InChI=1S/C24H28N2O2S/c1-16-6-5-9-25-22(16)24(27)26(29(28)15-17-7-3-2-4-8-17)23-20-11-18-10-19(13-20)14-21(23)12-18/h2-9,18-21,23H,10-15H2,1H3. The summed E-state index contributed by atoms with van der Waals surface area (Å²) in [6, 6.07) is 13.7. The second-order valence-electron chi connectivity index (χ2n) is 9.17. The summed E-state index contributed by atoms with van der Waals surface area (Å²) >= 11 is 0. The van der Waals surface area contributed by atoms with E-state index in [0.29, 0.717) is 23.3 Å². The van der Waals surface area contributed by atoms with Crippen molar-refractivity contribution in [2.45, 2.75) is 50.8 Å². The molecule has 1 amide bonds. The molecule has 1 atom stereocenters. The topological polar surface area (TPSA) is 50.3 Å². The van der Waals surface area contributed by atoms with Crippen molar-refractivity contribution < 1.29 is 9.00 Å². The summed E-state index contributed by atoms with van der Waals surface area (Å²) in [5, 5.41) is 0. The Morgan fingerprint density at radius 1 is 1.00 bits per heavy atom. The summed E-state index contributed by atoms with van der Waals surface area (Å²) in [6.45, 7) is 1.91. The molecule has 2 aromatic rings. The summed E-state index contributed by atoms with van der Waals surface area (Å²) < 4.78 is 15.4. The van der Waals surface area contributed by atoms with Crippen molar-refractivity contribution in [3.8, 4) is 0 Å². The molecule has 29 heavy (non-hydrogen) atoms. The summed E-state index contributed by atoms with van der Waals surface area (Å²) in [7, 11) is -1.41. The van der Waals surface area contributed by atoms with E-state index >= 15 is 0 Å². The quantitative estimate of drug-likeness (QED) is 0.731. The molecule has 1 heterocycles. The molecule has 6 rings (SSSR count). The van der Waals surface area contributed by atoms with Crippen LogP contribution in [0.15, 0.2) is 48.7 Å². The summed E-state index contributed by atoms with van der Waals surface area (Å²) in [5.41, 5.74) is 2.30. The van der Waals surface area contributed by atoms with Gasteiger partial charge in [0.05, 0.1) is 11.8 Å². The normalized spacial score (nSPS) is 30.9. The number of nitrogens with zero attached hydrogens (tertiary/aromatic N) is 2. The van der Waals surface area contributed by atoms with Gasteiger partial charge in [0, 0.05) is 6.20 Å². The van der Waals surface area contributed by atoms with E-state index in [1.807, 2.05) is 49.4 Å². The highest BCUT2D eigenvalue weighted by Crippen LogP contribution is 2.55. The molecule has 4 aliphatic rings. The minimum Gasteiger partial charge on any atom is -0.266 e. The van der Waals surface area contributed by atoms with E-state index in [9.17, 15) is 9.00 Å². The molecule has 1 aromatic carbocycles. The SMILES string of the molecule is Cc1cccnc1C(=O)N(C1C2CC3CC(C2)CC1C3)S(=O)Cc1ccccc1. The first-order valence-electron chi connectivity index (χ1n) is 10.8. The van der Waals surface area contributed by atoms with Gasteiger partial charge in [0.15, 0.2) is 0 Å². The Hall–Kier alpha value is -2.01. The van der Waals surface area contributed by atoms with Crippen molar-refractivity contribution in [1.29, 1.82) is 0 Å². The Morgan fingerprint density at radius 2 is 1.66 bits per heavy atom. The Kier molecular flexibility index (Phi) is 5.02. The zero-order valence-electron chi connectivity index (χ0n) is 16.9. The van der Waals surface area contributed by atoms with Crippen molar-refractivity contribution in [2.75, 3.05) is 0 Å². The average Bonchev–Trinajstić information content (AvgIpc) is 2.70. The van der Waals surface area contributed by atoms with Crippen LogP contribution in [0.1, 0.15) is 53.7 Å². The van der Waals surface area contributed by atoms with Crippen LogP contribution in [0.4, 0.5) is 0 Å². The van der Waals surface area contributed by atoms with E-state index < -0.39 is 11.0 Å². The Labute approximate surface area is 175 Å². The van der Waals surface area contributed by atoms with Gasteiger partial charge in [-0.2, -0.15) is 0 Å². The van der Waals surface area contributed by atoms with Crippen LogP contribution < -0.4 is 0 Å². The van der Waals surface area contributed by atoms with Crippen LogP contribution in [0.5, 0.6) is 0 Å². The molecule has 4 saturated carbocycles. The molecule has 0 spiro atoms. The molecule has 1 unspecified atom stereocenters. The zero-order valence-corrected chi connectivity index (χ0v) is 17.7. The first-order chi connectivity index (χ1) is 14.1. The third kappa shape index (κ3) is 3.54. The average molecular weight is 409 g/mol. The molecule has 4 fully saturated rings. The molecule has 0 aliphatic heterocycles. The minimum absolute atomic E-state index is 0.0845. The number of pyridine rings is 1. The highest BCUT2D eigenvalue weighted by Gasteiger charge is 2.52. The highest BCUT2D eigenvalue weighted by atomic mass is 32.2. The lowest BCUT2D eigenvalue weighted by Crippen LogP contribution is -2.58. The van der Waals surface area contributed by atoms with Gasteiger partial charge in [0.1, 0.15) is 16.7 Å². The van der Waals surface area contributed by atoms with Crippen LogP contribution in [0, 0.1) is 30.6 Å². The van der Waals surface area contributed by atoms with E-state index in [-0.39, 0.29) is 11.9 Å². The molecule has 0 radical (unpaired) electrons. The fourth-order valence-corrected chi connectivity index (χ4v) is 7.75. The van der Waals surface area contributed by atoms with Crippen molar-refractivity contribution >= 4 is 16.9 Å². The van der Waals surface area contributed by atoms with Crippen LogP contribution in [0.3, 0.4) is 0 Å². The maximum Gasteiger partial charge on any atom is 0.284 e. The maximum absolute atomic E-state index is 13.7. The van der Waals surface area contributed by atoms with Crippen LogP contribution in [-0.2, 0) is 16.7 Å². The zero-order chi connectivity index (χ0) is 20.0. The van der Waals surface area contributed by atoms with Crippen LogP contribution in [0.2, 0.25) is 0 Å². The fourth-order valence-electron chi connectivity index (χ4n) is 6.24. The van der Waals surface area contributed by atoms with Crippen LogP contribution in [-0.4, -0.2) is 25.4 Å². The largest absolute Gasteiger partial charge is 0.284 e. The molecule has 4 bridgehead atoms. The molecule has 5 heteroatoms. The van der Waals surface area contributed by atoms with Gasteiger partial charge in [-0.1, -0.05) is 36.4 Å². The first-order valence-corrected chi connectivity index (χ1v) is 12.1. The van der Waals surface area contributed by atoms with Crippen molar-refractivity contribution in [3.05, 3.63) is 65.5 Å². The van der Waals surface area contributed by atoms with Crippen molar-refractivity contribution in [3.63, 3.8) is 0 Å². The van der Waals surface area contributed by atoms with Gasteiger partial charge in [-0.05, 0) is 79.9 Å². The number of benzene rings is 1. The lowest BCUT2D eigenvalue weighted by molar-refractivity contribution is -0.0343. The number of hydrogen-bond acceptors (Lipinski definition) is 3. The molecule has 0 saturated heterocycles. The fraction of sp³-hybridized carbons (Fsp3) is 0.500. The van der Waals surface area contributed by atoms with E-state index in [1.165, 1.54) is 32.1 Å². The molecular formula is C24H28N2O2S. The number of carbonyl (C=O) groups excluding carboxylic acids is 1. The van der Waals surface area contributed by atoms with Crippen LogP contribution in [0.25, 0.3) is 0 Å². The van der Waals surface area contributed by atoms with Crippen molar-refractivity contribution in [1.82, 2.24) is 9.29 Å². The van der Waals surface area contributed by atoms with Gasteiger partial charge >= 0.3 is 0 Å². The van der Waals surface area contributed by atoms with Gasteiger partial charge in [0.25, 0.3) is 5.91 Å². The predicted octanol–water partition coefficient (Wildman–Crippen LogP) is 4.52.